The molecule has 0 radical (unpaired) electrons. The minimum absolute atomic E-state index is 0.213. The Balaban J connectivity index is 2.28. The van der Waals surface area contributed by atoms with Crippen LogP contribution < -0.4 is 4.90 Å². The molecule has 0 saturated carbocycles. The molecule has 0 aliphatic heterocycles. The lowest BCUT2D eigenvalue weighted by Gasteiger charge is -2.21. The van der Waals surface area contributed by atoms with E-state index in [4.69, 9.17) is 23.2 Å². The van der Waals surface area contributed by atoms with Crippen molar-refractivity contribution in [1.82, 2.24) is 9.29 Å². The number of hydrogen-bond acceptors (Lipinski definition) is 5. The van der Waals surface area contributed by atoms with Crippen molar-refractivity contribution in [3.63, 3.8) is 0 Å². The zero-order chi connectivity index (χ0) is 19.5. The fourth-order valence-corrected chi connectivity index (χ4v) is 3.49. The van der Waals surface area contributed by atoms with E-state index in [-0.39, 0.29) is 13.1 Å². The highest BCUT2D eigenvalue weighted by molar-refractivity contribution is 7.88. The minimum atomic E-state index is -3.46. The van der Waals surface area contributed by atoms with Gasteiger partial charge in [0.25, 0.3) is 0 Å². The highest BCUT2D eigenvalue weighted by atomic mass is 35.5. The van der Waals surface area contributed by atoms with E-state index in [1.165, 1.54) is 23.3 Å². The molecule has 0 aliphatic rings. The number of amides is 1. The molecule has 2 rings (SSSR count). The molecule has 1 amide bonds. The first-order valence-electron chi connectivity index (χ1n) is 7.37. The number of rotatable bonds is 7. The van der Waals surface area contributed by atoms with Crippen LogP contribution in [0.5, 0.6) is 0 Å². The maximum atomic E-state index is 12.5. The Morgan fingerprint density at radius 1 is 1.35 bits per heavy atom. The number of hydrogen-bond donors (Lipinski definition) is 0. The summed E-state index contributed by atoms with van der Waals surface area (Å²) >= 11 is 13.2. The largest absolute Gasteiger partial charge is 0.283 e. The van der Waals surface area contributed by atoms with Crippen LogP contribution in [0.25, 0.3) is 11.3 Å². The van der Waals surface area contributed by atoms with E-state index in [1.54, 1.807) is 29.7 Å². The van der Waals surface area contributed by atoms with Gasteiger partial charge in [-0.15, -0.1) is 17.9 Å². The number of sulfonamides is 1. The molecule has 1 aromatic carbocycles. The molecule has 1 heterocycles. The van der Waals surface area contributed by atoms with Crippen LogP contribution in [0.4, 0.5) is 5.13 Å². The van der Waals surface area contributed by atoms with E-state index < -0.39 is 15.9 Å². The van der Waals surface area contributed by atoms with Crippen LogP contribution >= 0.6 is 34.5 Å². The third kappa shape index (κ3) is 5.05. The molecule has 0 bridgehead atoms. The molecule has 1 aromatic heterocycles. The molecule has 26 heavy (non-hydrogen) atoms. The summed E-state index contributed by atoms with van der Waals surface area (Å²) in [6.45, 7) is 3.57. The van der Waals surface area contributed by atoms with Gasteiger partial charge in [0.05, 0.1) is 28.5 Å². The molecule has 0 N–H and O–H groups in total. The third-order valence-electron chi connectivity index (χ3n) is 3.48. The van der Waals surface area contributed by atoms with Gasteiger partial charge >= 0.3 is 0 Å². The summed E-state index contributed by atoms with van der Waals surface area (Å²) in [5, 5.41) is 3.09. The summed E-state index contributed by atoms with van der Waals surface area (Å²) in [6, 6.07) is 5.15. The van der Waals surface area contributed by atoms with Crippen molar-refractivity contribution in [1.29, 1.82) is 0 Å². The van der Waals surface area contributed by atoms with E-state index in [0.29, 0.717) is 20.9 Å². The molecular weight excluding hydrogens is 417 g/mol. The summed E-state index contributed by atoms with van der Waals surface area (Å²) in [4.78, 5) is 18.4. The topological polar surface area (TPSA) is 70.6 Å². The smallest absolute Gasteiger partial charge is 0.244 e. The number of anilines is 1. The van der Waals surface area contributed by atoms with Crippen LogP contribution in [0.1, 0.15) is 0 Å². The number of carbonyl (C=O) groups is 1. The summed E-state index contributed by atoms with van der Waals surface area (Å²) in [6.07, 6.45) is 2.60. The molecule has 0 aliphatic carbocycles. The predicted molar refractivity (Wildman–Crippen MR) is 108 cm³/mol. The van der Waals surface area contributed by atoms with Gasteiger partial charge in [0.1, 0.15) is 0 Å². The van der Waals surface area contributed by atoms with Crippen LogP contribution in [0.15, 0.2) is 36.2 Å². The Morgan fingerprint density at radius 2 is 2.04 bits per heavy atom. The van der Waals surface area contributed by atoms with Crippen molar-refractivity contribution in [2.75, 3.05) is 31.3 Å². The van der Waals surface area contributed by atoms with Gasteiger partial charge in [-0.1, -0.05) is 35.3 Å². The van der Waals surface area contributed by atoms with Crippen molar-refractivity contribution >= 4 is 55.6 Å². The second-order valence-corrected chi connectivity index (χ2v) is 9.20. The lowest BCUT2D eigenvalue weighted by molar-refractivity contribution is -0.118. The number of nitrogens with zero attached hydrogens (tertiary/aromatic N) is 3. The number of halogens is 2. The third-order valence-corrected chi connectivity index (χ3v) is 6.34. The van der Waals surface area contributed by atoms with Crippen molar-refractivity contribution in [2.45, 2.75) is 0 Å². The number of aromatic nitrogens is 1. The molecule has 0 fully saturated rings. The maximum Gasteiger partial charge on any atom is 0.244 e. The Morgan fingerprint density at radius 3 is 2.62 bits per heavy atom. The second kappa shape index (κ2) is 8.49. The van der Waals surface area contributed by atoms with E-state index in [9.17, 15) is 13.2 Å². The fraction of sp³-hybridized carbons (Fsp3) is 0.250. The summed E-state index contributed by atoms with van der Waals surface area (Å²) < 4.78 is 24.0. The highest BCUT2D eigenvalue weighted by Gasteiger charge is 2.23. The molecule has 0 atom stereocenters. The number of benzene rings is 1. The zero-order valence-corrected chi connectivity index (χ0v) is 17.3. The lowest BCUT2D eigenvalue weighted by atomic mass is 10.2. The first kappa shape index (κ1) is 20.9. The van der Waals surface area contributed by atoms with Crippen molar-refractivity contribution < 1.29 is 13.2 Å². The predicted octanol–water partition coefficient (Wildman–Crippen LogP) is 3.53. The fourth-order valence-electron chi connectivity index (χ4n) is 1.99. The van der Waals surface area contributed by atoms with Crippen LogP contribution in [0.2, 0.25) is 10.0 Å². The van der Waals surface area contributed by atoms with Gasteiger partial charge < -0.3 is 0 Å². The molecule has 0 saturated heterocycles. The second-order valence-electron chi connectivity index (χ2n) is 5.46. The number of carbonyl (C=O) groups excluding carboxylic acids is 1. The molecule has 10 heteroatoms. The highest BCUT2D eigenvalue weighted by Crippen LogP contribution is 2.31. The van der Waals surface area contributed by atoms with E-state index in [2.05, 4.69) is 11.6 Å². The normalized spacial score (nSPS) is 11.6. The average Bonchev–Trinajstić information content (AvgIpc) is 3.03. The van der Waals surface area contributed by atoms with Crippen LogP contribution in [0.3, 0.4) is 0 Å². The Kier molecular flexibility index (Phi) is 6.81. The van der Waals surface area contributed by atoms with Gasteiger partial charge in [-0.25, -0.2) is 13.4 Å². The maximum absolute atomic E-state index is 12.5. The Hall–Kier alpha value is -1.45. The summed E-state index contributed by atoms with van der Waals surface area (Å²) in [5.74, 6) is -0.395. The van der Waals surface area contributed by atoms with Gasteiger partial charge in [-0.05, 0) is 12.1 Å². The standard InChI is InChI=1S/C16H17Cl2N3O3S2/c1-4-7-21(15(22)9-20(2)26(3,23)24)16-19-14(10-25-16)11-5-6-12(17)13(18)8-11/h4-6,8,10H,1,7,9H2,2-3H3. The summed E-state index contributed by atoms with van der Waals surface area (Å²) in [5.41, 5.74) is 1.41. The van der Waals surface area contributed by atoms with Gasteiger partial charge in [0, 0.05) is 24.5 Å². The Bertz CT molecular complexity index is 929. The van der Waals surface area contributed by atoms with Crippen LogP contribution in [-0.2, 0) is 14.8 Å². The minimum Gasteiger partial charge on any atom is -0.283 e. The SMILES string of the molecule is C=CCN(C(=O)CN(C)S(C)(=O)=O)c1nc(-c2ccc(Cl)c(Cl)c2)cs1. The molecule has 0 spiro atoms. The lowest BCUT2D eigenvalue weighted by Crippen LogP contribution is -2.41. The number of likely N-dealkylation sites (N-methyl/N-ethyl adjacent to an activating group) is 1. The van der Waals surface area contributed by atoms with Crippen LogP contribution in [0, 0.1) is 0 Å². The van der Waals surface area contributed by atoms with Crippen LogP contribution in [-0.4, -0.2) is 50.0 Å². The summed E-state index contributed by atoms with van der Waals surface area (Å²) in [7, 11) is -2.11. The first-order chi connectivity index (χ1) is 12.1. The van der Waals surface area contributed by atoms with Crippen molar-refractivity contribution in [3.8, 4) is 11.3 Å². The quantitative estimate of drug-likeness (QED) is 0.626. The van der Waals surface area contributed by atoms with Crippen molar-refractivity contribution in [3.05, 3.63) is 46.3 Å². The monoisotopic (exact) mass is 433 g/mol. The van der Waals surface area contributed by atoms with Gasteiger partial charge in [-0.2, -0.15) is 4.31 Å². The van der Waals surface area contributed by atoms with Gasteiger partial charge in [-0.3, -0.25) is 9.69 Å². The van der Waals surface area contributed by atoms with E-state index in [0.717, 1.165) is 16.1 Å². The molecule has 140 valence electrons. The van der Waals surface area contributed by atoms with Gasteiger partial charge in [0.15, 0.2) is 5.13 Å². The molecule has 0 unspecified atom stereocenters. The Labute approximate surface area is 166 Å². The zero-order valence-electron chi connectivity index (χ0n) is 14.1. The first-order valence-corrected chi connectivity index (χ1v) is 10.9. The molecule has 2 aromatic rings. The van der Waals surface area contributed by atoms with Crippen molar-refractivity contribution in [2.24, 2.45) is 0 Å². The molecular formula is C16H17Cl2N3O3S2. The molecule has 6 nitrogen and oxygen atoms in total. The van der Waals surface area contributed by atoms with Gasteiger partial charge in [0.2, 0.25) is 15.9 Å². The number of thiazole rings is 1. The van der Waals surface area contributed by atoms with E-state index in [1.807, 2.05) is 0 Å². The average molecular weight is 434 g/mol. The van der Waals surface area contributed by atoms with E-state index >= 15 is 0 Å².